The molecule has 0 radical (unpaired) electrons. The summed E-state index contributed by atoms with van der Waals surface area (Å²) in [6, 6.07) is 16.1. The van der Waals surface area contributed by atoms with Gasteiger partial charge in [-0.1, -0.05) is 18.2 Å². The van der Waals surface area contributed by atoms with Gasteiger partial charge in [0.1, 0.15) is 12.4 Å². The van der Waals surface area contributed by atoms with Crippen LogP contribution < -0.4 is 14.8 Å². The summed E-state index contributed by atoms with van der Waals surface area (Å²) in [4.78, 5) is 12.7. The van der Waals surface area contributed by atoms with Crippen molar-refractivity contribution in [2.45, 2.75) is 39.5 Å². The lowest BCUT2D eigenvalue weighted by atomic mass is 10.1. The predicted molar refractivity (Wildman–Crippen MR) is 132 cm³/mol. The minimum absolute atomic E-state index is 0.0702. The molecule has 0 aliphatic carbocycles. The Morgan fingerprint density at radius 2 is 1.39 bits per heavy atom. The Hall–Kier alpha value is -3.32. The molecular weight excluding hydrogens is 436 g/mol. The van der Waals surface area contributed by atoms with Gasteiger partial charge < -0.3 is 10.1 Å². The summed E-state index contributed by atoms with van der Waals surface area (Å²) in [6.07, 6.45) is 0. The van der Waals surface area contributed by atoms with Crippen molar-refractivity contribution >= 4 is 21.6 Å². The van der Waals surface area contributed by atoms with Crippen LogP contribution in [-0.4, -0.2) is 27.5 Å². The Morgan fingerprint density at radius 1 is 0.818 bits per heavy atom. The summed E-state index contributed by atoms with van der Waals surface area (Å²) in [5.74, 6) is 0.393. The third kappa shape index (κ3) is 6.58. The second-order valence-electron chi connectivity index (χ2n) is 8.39. The van der Waals surface area contributed by atoms with Crippen molar-refractivity contribution in [2.24, 2.45) is 0 Å². The minimum atomic E-state index is -3.86. The maximum atomic E-state index is 13.0. The van der Waals surface area contributed by atoms with Crippen molar-refractivity contribution in [3.05, 3.63) is 88.0 Å². The summed E-state index contributed by atoms with van der Waals surface area (Å²) in [5, 5.41) is 2.78. The molecule has 33 heavy (non-hydrogen) atoms. The number of hydrogen-bond acceptors (Lipinski definition) is 4. The van der Waals surface area contributed by atoms with E-state index < -0.39 is 10.0 Å². The molecular formula is C26H30N2O4S. The molecule has 0 aliphatic heterocycles. The molecule has 0 aromatic heterocycles. The lowest BCUT2D eigenvalue weighted by Crippen LogP contribution is -2.28. The molecule has 0 bridgehead atoms. The Balaban J connectivity index is 1.67. The van der Waals surface area contributed by atoms with E-state index in [1.165, 1.54) is 6.07 Å². The van der Waals surface area contributed by atoms with E-state index in [1.54, 1.807) is 31.2 Å². The number of carbonyl (C=O) groups excluding carboxylic acids is 1. The zero-order chi connectivity index (χ0) is 24.2. The van der Waals surface area contributed by atoms with Crippen molar-refractivity contribution in [3.63, 3.8) is 0 Å². The smallest absolute Gasteiger partial charge is 0.262 e. The van der Waals surface area contributed by atoms with Crippen LogP contribution in [0.15, 0.2) is 59.5 Å². The monoisotopic (exact) mass is 466 g/mol. The third-order valence-electron chi connectivity index (χ3n) is 5.07. The average Bonchev–Trinajstić information content (AvgIpc) is 2.69. The van der Waals surface area contributed by atoms with Gasteiger partial charge in [-0.3, -0.25) is 9.52 Å². The van der Waals surface area contributed by atoms with Crippen LogP contribution in [0.5, 0.6) is 5.75 Å². The predicted octanol–water partition coefficient (Wildman–Crippen LogP) is 4.84. The van der Waals surface area contributed by atoms with Gasteiger partial charge in [0.05, 0.1) is 11.4 Å². The third-order valence-corrected chi connectivity index (χ3v) is 6.59. The minimum Gasteiger partial charge on any atom is -0.492 e. The summed E-state index contributed by atoms with van der Waals surface area (Å²) in [5.41, 5.74) is 5.45. The number of benzene rings is 3. The van der Waals surface area contributed by atoms with E-state index >= 15 is 0 Å². The topological polar surface area (TPSA) is 84.5 Å². The molecule has 0 saturated carbocycles. The van der Waals surface area contributed by atoms with Crippen LogP contribution in [0.4, 0.5) is 5.69 Å². The molecule has 2 N–H and O–H groups in total. The van der Waals surface area contributed by atoms with Crippen molar-refractivity contribution in [1.82, 2.24) is 5.32 Å². The highest BCUT2D eigenvalue weighted by Crippen LogP contribution is 2.22. The maximum Gasteiger partial charge on any atom is 0.262 e. The summed E-state index contributed by atoms with van der Waals surface area (Å²) < 4.78 is 34.4. The highest BCUT2D eigenvalue weighted by atomic mass is 32.2. The van der Waals surface area contributed by atoms with Gasteiger partial charge in [0, 0.05) is 11.3 Å². The first-order chi connectivity index (χ1) is 15.5. The van der Waals surface area contributed by atoms with E-state index in [2.05, 4.69) is 16.1 Å². The standard InChI is InChI=1S/C26H30N2O4S/c1-17-10-18(2)13-23(12-17)28-33(30,31)25-16-22(7-6-21(25)5)26(29)27-8-9-32-24-14-19(3)11-20(4)15-24/h6-7,10-16,28H,8-9H2,1-5H3,(H,27,29). The summed E-state index contributed by atoms with van der Waals surface area (Å²) in [7, 11) is -3.86. The van der Waals surface area contributed by atoms with Gasteiger partial charge in [-0.2, -0.15) is 0 Å². The van der Waals surface area contributed by atoms with Crippen LogP contribution in [-0.2, 0) is 10.0 Å². The molecule has 0 unspecified atom stereocenters. The molecule has 3 aromatic rings. The number of carbonyl (C=O) groups is 1. The van der Waals surface area contributed by atoms with E-state index in [-0.39, 0.29) is 16.4 Å². The SMILES string of the molecule is Cc1cc(C)cc(NS(=O)(=O)c2cc(C(=O)NCCOc3cc(C)cc(C)c3)ccc2C)c1. The number of rotatable bonds is 8. The molecule has 3 rings (SSSR count). The number of anilines is 1. The number of sulfonamides is 1. The second-order valence-corrected chi connectivity index (χ2v) is 10.0. The van der Waals surface area contributed by atoms with Crippen LogP contribution in [0.2, 0.25) is 0 Å². The van der Waals surface area contributed by atoms with E-state index in [0.29, 0.717) is 24.4 Å². The van der Waals surface area contributed by atoms with Gasteiger partial charge in [-0.25, -0.2) is 8.42 Å². The molecule has 3 aromatic carbocycles. The molecule has 0 heterocycles. The van der Waals surface area contributed by atoms with Gasteiger partial charge in [0.25, 0.3) is 15.9 Å². The molecule has 7 heteroatoms. The van der Waals surface area contributed by atoms with Crippen LogP contribution in [0.3, 0.4) is 0 Å². The quantitative estimate of drug-likeness (QED) is 0.465. The molecule has 174 valence electrons. The lowest BCUT2D eigenvalue weighted by Gasteiger charge is -2.13. The molecule has 0 aliphatic rings. The Bertz CT molecular complexity index is 1240. The lowest BCUT2D eigenvalue weighted by molar-refractivity contribution is 0.0946. The van der Waals surface area contributed by atoms with Crippen LogP contribution in [0.25, 0.3) is 0 Å². The first-order valence-corrected chi connectivity index (χ1v) is 12.2. The molecule has 0 atom stereocenters. The average molecular weight is 467 g/mol. The maximum absolute atomic E-state index is 13.0. The van der Waals surface area contributed by atoms with Crippen molar-refractivity contribution in [1.29, 1.82) is 0 Å². The zero-order valence-electron chi connectivity index (χ0n) is 19.7. The molecule has 1 amide bonds. The normalized spacial score (nSPS) is 11.2. The van der Waals surface area contributed by atoms with Crippen molar-refractivity contribution < 1.29 is 17.9 Å². The first kappa shape index (κ1) is 24.3. The largest absolute Gasteiger partial charge is 0.492 e. The van der Waals surface area contributed by atoms with Crippen molar-refractivity contribution in [3.8, 4) is 5.75 Å². The number of hydrogen-bond donors (Lipinski definition) is 2. The van der Waals surface area contributed by atoms with E-state index in [4.69, 9.17) is 4.74 Å². The Labute approximate surface area is 196 Å². The van der Waals surface area contributed by atoms with Crippen LogP contribution in [0.1, 0.15) is 38.2 Å². The molecule has 0 spiro atoms. The summed E-state index contributed by atoms with van der Waals surface area (Å²) in [6.45, 7) is 10.1. The van der Waals surface area contributed by atoms with Crippen LogP contribution in [0, 0.1) is 34.6 Å². The van der Waals surface area contributed by atoms with E-state index in [0.717, 1.165) is 28.0 Å². The fourth-order valence-corrected chi connectivity index (χ4v) is 5.04. The zero-order valence-corrected chi connectivity index (χ0v) is 20.5. The molecule has 6 nitrogen and oxygen atoms in total. The van der Waals surface area contributed by atoms with E-state index in [9.17, 15) is 13.2 Å². The van der Waals surface area contributed by atoms with Gasteiger partial charge >= 0.3 is 0 Å². The highest BCUT2D eigenvalue weighted by Gasteiger charge is 2.19. The first-order valence-electron chi connectivity index (χ1n) is 10.7. The number of ether oxygens (including phenoxy) is 1. The van der Waals surface area contributed by atoms with E-state index in [1.807, 2.05) is 45.9 Å². The summed E-state index contributed by atoms with van der Waals surface area (Å²) >= 11 is 0. The number of aryl methyl sites for hydroxylation is 5. The highest BCUT2D eigenvalue weighted by molar-refractivity contribution is 7.92. The fraction of sp³-hybridized carbons (Fsp3) is 0.269. The Kier molecular flexibility index (Phi) is 7.43. The van der Waals surface area contributed by atoms with Gasteiger partial charge in [-0.05, 0) is 98.8 Å². The fourth-order valence-electron chi connectivity index (χ4n) is 3.73. The molecule has 0 saturated heterocycles. The van der Waals surface area contributed by atoms with Crippen LogP contribution >= 0.6 is 0 Å². The van der Waals surface area contributed by atoms with Gasteiger partial charge in [0.2, 0.25) is 0 Å². The van der Waals surface area contributed by atoms with Gasteiger partial charge in [-0.15, -0.1) is 0 Å². The van der Waals surface area contributed by atoms with Gasteiger partial charge in [0.15, 0.2) is 0 Å². The molecule has 0 fully saturated rings. The number of nitrogens with one attached hydrogen (secondary N) is 2. The van der Waals surface area contributed by atoms with Crippen molar-refractivity contribution in [2.75, 3.05) is 17.9 Å². The second kappa shape index (κ2) is 10.1. The number of amides is 1. The Morgan fingerprint density at radius 3 is 2.00 bits per heavy atom.